The lowest BCUT2D eigenvalue weighted by Crippen LogP contribution is -2.54. The van der Waals surface area contributed by atoms with Gasteiger partial charge in [0.15, 0.2) is 5.84 Å². The zero-order valence-electron chi connectivity index (χ0n) is 9.57. The van der Waals surface area contributed by atoms with E-state index in [4.69, 9.17) is 15.7 Å². The van der Waals surface area contributed by atoms with Crippen LogP contribution in [0, 0.1) is 0 Å². The third kappa shape index (κ3) is 3.45. The second kappa shape index (κ2) is 5.84. The summed E-state index contributed by atoms with van der Waals surface area (Å²) in [6, 6.07) is 0. The number of hydrogen-bond donors (Lipinski definition) is 3. The molecule has 11 heteroatoms. The van der Waals surface area contributed by atoms with E-state index in [1.165, 1.54) is 0 Å². The molecule has 1 atom stereocenters. The SMILES string of the molecule is COC(=O)NS(=O)(=O)N1CCOC(C(N)=NO)C1. The van der Waals surface area contributed by atoms with Crippen LogP contribution in [0.25, 0.3) is 0 Å². The molecule has 4 N–H and O–H groups in total. The first-order chi connectivity index (χ1) is 8.40. The molecular formula is C7H14N4O6S. The van der Waals surface area contributed by atoms with Gasteiger partial charge >= 0.3 is 16.3 Å². The number of amidine groups is 1. The molecule has 0 aromatic carbocycles. The molecule has 1 unspecified atom stereocenters. The van der Waals surface area contributed by atoms with Gasteiger partial charge in [0.25, 0.3) is 0 Å². The number of carbonyl (C=O) groups excluding carboxylic acids is 1. The standard InChI is InChI=1S/C7H14N4O6S/c1-16-7(12)10-18(14,15)11-2-3-17-5(4-11)6(8)9-13/h5,13H,2-4H2,1H3,(H2,8,9)(H,10,12). The molecule has 0 bridgehead atoms. The summed E-state index contributed by atoms with van der Waals surface area (Å²) in [7, 11) is -2.99. The number of methoxy groups -OCH3 is 1. The number of amides is 1. The zero-order valence-corrected chi connectivity index (χ0v) is 10.4. The second-order valence-corrected chi connectivity index (χ2v) is 5.01. The van der Waals surface area contributed by atoms with Crippen LogP contribution in [0.1, 0.15) is 0 Å². The first-order valence-corrected chi connectivity index (χ1v) is 6.29. The number of ether oxygens (including phenoxy) is 2. The Balaban J connectivity index is 2.74. The molecule has 10 nitrogen and oxygen atoms in total. The fraction of sp³-hybridized carbons (Fsp3) is 0.714. The molecule has 104 valence electrons. The van der Waals surface area contributed by atoms with E-state index < -0.39 is 22.4 Å². The first kappa shape index (κ1) is 14.5. The van der Waals surface area contributed by atoms with Crippen molar-refractivity contribution in [2.24, 2.45) is 10.9 Å². The Morgan fingerprint density at radius 1 is 1.67 bits per heavy atom. The maximum Gasteiger partial charge on any atom is 0.421 e. The van der Waals surface area contributed by atoms with Crippen molar-refractivity contribution in [3.63, 3.8) is 0 Å². The van der Waals surface area contributed by atoms with E-state index in [0.29, 0.717) is 0 Å². The Labute approximate surface area is 104 Å². The van der Waals surface area contributed by atoms with Gasteiger partial charge in [0.1, 0.15) is 6.10 Å². The molecule has 1 aliphatic heterocycles. The van der Waals surface area contributed by atoms with Crippen LogP contribution in [0.4, 0.5) is 4.79 Å². The van der Waals surface area contributed by atoms with Crippen molar-refractivity contribution >= 4 is 22.1 Å². The molecule has 0 spiro atoms. The maximum atomic E-state index is 11.7. The minimum atomic E-state index is -4.03. The third-order valence-electron chi connectivity index (χ3n) is 2.21. The van der Waals surface area contributed by atoms with Gasteiger partial charge in [-0.2, -0.15) is 12.7 Å². The van der Waals surface area contributed by atoms with Crippen LogP contribution in [-0.4, -0.2) is 62.8 Å². The van der Waals surface area contributed by atoms with Crippen molar-refractivity contribution in [2.75, 3.05) is 26.8 Å². The summed E-state index contributed by atoms with van der Waals surface area (Å²) in [5.41, 5.74) is 5.32. The molecule has 1 aliphatic rings. The highest BCUT2D eigenvalue weighted by atomic mass is 32.2. The summed E-state index contributed by atoms with van der Waals surface area (Å²) >= 11 is 0. The van der Waals surface area contributed by atoms with Crippen molar-refractivity contribution in [2.45, 2.75) is 6.10 Å². The van der Waals surface area contributed by atoms with E-state index in [-0.39, 0.29) is 25.5 Å². The van der Waals surface area contributed by atoms with Gasteiger partial charge in [-0.15, -0.1) is 0 Å². The lowest BCUT2D eigenvalue weighted by atomic mass is 10.3. The molecule has 0 aliphatic carbocycles. The summed E-state index contributed by atoms with van der Waals surface area (Å²) in [6.07, 6.45) is -1.96. The molecule has 1 heterocycles. The highest BCUT2D eigenvalue weighted by Gasteiger charge is 2.32. The fourth-order valence-corrected chi connectivity index (χ4v) is 2.37. The number of hydrogen-bond acceptors (Lipinski definition) is 7. The van der Waals surface area contributed by atoms with Crippen molar-refractivity contribution < 1.29 is 27.9 Å². The van der Waals surface area contributed by atoms with Gasteiger partial charge in [0.2, 0.25) is 0 Å². The van der Waals surface area contributed by atoms with Gasteiger partial charge < -0.3 is 20.4 Å². The number of carbonyl (C=O) groups is 1. The average Bonchev–Trinajstić information content (AvgIpc) is 2.37. The van der Waals surface area contributed by atoms with Crippen molar-refractivity contribution in [3.05, 3.63) is 0 Å². The van der Waals surface area contributed by atoms with Gasteiger partial charge in [-0.1, -0.05) is 5.16 Å². The van der Waals surface area contributed by atoms with E-state index >= 15 is 0 Å². The molecule has 0 aromatic rings. The summed E-state index contributed by atoms with van der Waals surface area (Å²) in [5.74, 6) is -0.243. The van der Waals surface area contributed by atoms with Crippen molar-refractivity contribution in [3.8, 4) is 0 Å². The highest BCUT2D eigenvalue weighted by Crippen LogP contribution is 2.09. The van der Waals surface area contributed by atoms with Crippen LogP contribution in [0.15, 0.2) is 5.16 Å². The van der Waals surface area contributed by atoms with Crippen LogP contribution in [0.2, 0.25) is 0 Å². The lowest BCUT2D eigenvalue weighted by Gasteiger charge is -2.30. The lowest BCUT2D eigenvalue weighted by molar-refractivity contribution is 0.0350. The van der Waals surface area contributed by atoms with Crippen molar-refractivity contribution in [1.29, 1.82) is 0 Å². The normalized spacial score (nSPS) is 22.5. The molecule has 1 rings (SSSR count). The predicted molar refractivity (Wildman–Crippen MR) is 59.2 cm³/mol. The molecular weight excluding hydrogens is 268 g/mol. The highest BCUT2D eigenvalue weighted by molar-refractivity contribution is 7.87. The smallest absolute Gasteiger partial charge is 0.421 e. The van der Waals surface area contributed by atoms with Gasteiger partial charge in [0.05, 0.1) is 13.7 Å². The van der Waals surface area contributed by atoms with Crippen molar-refractivity contribution in [1.82, 2.24) is 9.03 Å². The van der Waals surface area contributed by atoms with E-state index in [9.17, 15) is 13.2 Å². The van der Waals surface area contributed by atoms with Gasteiger partial charge in [-0.05, 0) is 0 Å². The maximum absolute atomic E-state index is 11.7. The summed E-state index contributed by atoms with van der Waals surface area (Å²) in [6.45, 7) is -0.0628. The van der Waals surface area contributed by atoms with E-state index in [0.717, 1.165) is 11.4 Å². The van der Waals surface area contributed by atoms with E-state index in [1.54, 1.807) is 4.72 Å². The summed E-state index contributed by atoms with van der Waals surface area (Å²) in [5, 5.41) is 11.2. The second-order valence-electron chi connectivity index (χ2n) is 3.34. The molecule has 0 saturated carbocycles. The third-order valence-corrected chi connectivity index (χ3v) is 3.65. The van der Waals surface area contributed by atoms with Gasteiger partial charge in [-0.25, -0.2) is 9.52 Å². The number of rotatable bonds is 3. The van der Waals surface area contributed by atoms with Crippen LogP contribution in [0.5, 0.6) is 0 Å². The Kier molecular flexibility index (Phi) is 4.69. The first-order valence-electron chi connectivity index (χ1n) is 4.85. The molecule has 0 radical (unpaired) electrons. The predicted octanol–water partition coefficient (Wildman–Crippen LogP) is -1.97. The van der Waals surface area contributed by atoms with Gasteiger partial charge in [0, 0.05) is 13.1 Å². The Hall–Kier alpha value is -1.59. The zero-order chi connectivity index (χ0) is 13.8. The number of nitrogens with two attached hydrogens (primary N) is 1. The average molecular weight is 282 g/mol. The monoisotopic (exact) mass is 282 g/mol. The van der Waals surface area contributed by atoms with Crippen LogP contribution in [0.3, 0.4) is 0 Å². The molecule has 18 heavy (non-hydrogen) atoms. The summed E-state index contributed by atoms with van der Waals surface area (Å²) in [4.78, 5) is 10.9. The molecule has 0 aromatic heterocycles. The summed E-state index contributed by atoms with van der Waals surface area (Å²) < 4.78 is 35.4. The number of morpholine rings is 1. The molecule has 1 saturated heterocycles. The molecule has 1 amide bonds. The Morgan fingerprint density at radius 2 is 2.33 bits per heavy atom. The Bertz CT molecular complexity index is 435. The Morgan fingerprint density at radius 3 is 2.89 bits per heavy atom. The van der Waals surface area contributed by atoms with E-state index in [2.05, 4.69) is 9.89 Å². The van der Waals surface area contributed by atoms with Gasteiger partial charge in [-0.3, -0.25) is 0 Å². The molecule has 1 fully saturated rings. The number of nitrogens with one attached hydrogen (secondary N) is 1. The quantitative estimate of drug-likeness (QED) is 0.236. The largest absolute Gasteiger partial charge is 0.452 e. The fourth-order valence-electron chi connectivity index (χ4n) is 1.30. The van der Waals surface area contributed by atoms with Crippen LogP contribution >= 0.6 is 0 Å². The minimum absolute atomic E-state index is 0.0432. The van der Waals surface area contributed by atoms with E-state index in [1.807, 2.05) is 0 Å². The number of nitrogens with zero attached hydrogens (tertiary/aromatic N) is 2. The topological polar surface area (TPSA) is 144 Å². The van der Waals surface area contributed by atoms with Crippen LogP contribution in [-0.2, 0) is 19.7 Å². The van der Waals surface area contributed by atoms with Crippen LogP contribution < -0.4 is 10.5 Å². The minimum Gasteiger partial charge on any atom is -0.452 e. The number of oxime groups is 1.